The van der Waals surface area contributed by atoms with Gasteiger partial charge in [0.1, 0.15) is 0 Å². The lowest BCUT2D eigenvalue weighted by atomic mass is 9.82. The molecule has 4 unspecified atom stereocenters. The van der Waals surface area contributed by atoms with Crippen molar-refractivity contribution in [1.82, 2.24) is 19.7 Å². The predicted octanol–water partition coefficient (Wildman–Crippen LogP) is 4.28. The summed E-state index contributed by atoms with van der Waals surface area (Å²) in [6.07, 6.45) is 2.02. The number of aromatic nitrogens is 1. The first-order valence-electron chi connectivity index (χ1n) is 13.9. The standard InChI is InChI=1S/C28H35Cl2N5O3/c1-15-18-12-19(25(15)34-6-5-31-28(34)38)23-22(18)26(36)35(27(23)37)14-17-11-16(17)13-32-7-9-33(10-8-32)21-4-2-3-20(29)24(21)30/h2-4,15-19,25,36-37H,5-14H2,1H3,(H,31,38)/t15?,16-,17-,18?,19?,25?/m1/s1. The summed E-state index contributed by atoms with van der Waals surface area (Å²) in [7, 11) is 0. The van der Waals surface area contributed by atoms with Gasteiger partial charge in [-0.1, -0.05) is 36.2 Å². The molecule has 204 valence electrons. The van der Waals surface area contributed by atoms with Crippen molar-refractivity contribution in [2.45, 2.75) is 44.2 Å². The lowest BCUT2D eigenvalue weighted by Gasteiger charge is -2.36. The van der Waals surface area contributed by atoms with Gasteiger partial charge in [-0.15, -0.1) is 0 Å². The second kappa shape index (κ2) is 9.14. The lowest BCUT2D eigenvalue weighted by Crippen LogP contribution is -2.47. The number of piperazine rings is 1. The summed E-state index contributed by atoms with van der Waals surface area (Å²) < 4.78 is 1.76. The maximum Gasteiger partial charge on any atom is 0.317 e. The normalized spacial score (nSPS) is 32.2. The van der Waals surface area contributed by atoms with Crippen molar-refractivity contribution >= 4 is 34.9 Å². The molecule has 3 aliphatic carbocycles. The van der Waals surface area contributed by atoms with Gasteiger partial charge in [0.2, 0.25) is 0 Å². The van der Waals surface area contributed by atoms with E-state index in [1.54, 1.807) is 4.57 Å². The molecule has 0 spiro atoms. The van der Waals surface area contributed by atoms with Crippen LogP contribution in [0.25, 0.3) is 0 Å². The van der Waals surface area contributed by atoms with E-state index in [2.05, 4.69) is 22.0 Å². The molecule has 2 bridgehead atoms. The number of hydrogen-bond donors (Lipinski definition) is 3. The number of halogens is 2. The number of nitrogens with one attached hydrogen (secondary N) is 1. The molecule has 5 aliphatic rings. The molecule has 6 atom stereocenters. The Kier molecular flexibility index (Phi) is 5.94. The second-order valence-electron chi connectivity index (χ2n) is 11.9. The molecule has 1 aromatic carbocycles. The summed E-state index contributed by atoms with van der Waals surface area (Å²) in [5, 5.41) is 26.6. The van der Waals surface area contributed by atoms with E-state index in [-0.39, 0.29) is 41.6 Å². The zero-order valence-corrected chi connectivity index (χ0v) is 23.1. The van der Waals surface area contributed by atoms with Crippen LogP contribution in [-0.2, 0) is 6.54 Å². The summed E-state index contributed by atoms with van der Waals surface area (Å²) >= 11 is 12.6. The second-order valence-corrected chi connectivity index (χ2v) is 12.7. The largest absolute Gasteiger partial charge is 0.494 e. The summed E-state index contributed by atoms with van der Waals surface area (Å²) in [4.78, 5) is 19.2. The van der Waals surface area contributed by atoms with Crippen molar-refractivity contribution in [3.63, 3.8) is 0 Å². The zero-order valence-electron chi connectivity index (χ0n) is 21.6. The maximum absolute atomic E-state index is 12.4. The molecule has 7 rings (SSSR count). The third kappa shape index (κ3) is 3.78. The van der Waals surface area contributed by atoms with Gasteiger partial charge >= 0.3 is 6.03 Å². The summed E-state index contributed by atoms with van der Waals surface area (Å²) in [5.41, 5.74) is 2.83. The number of hydrogen-bond acceptors (Lipinski definition) is 5. The van der Waals surface area contributed by atoms with Crippen LogP contribution < -0.4 is 10.2 Å². The van der Waals surface area contributed by atoms with Crippen LogP contribution in [-0.4, -0.2) is 82.5 Å². The van der Waals surface area contributed by atoms with Gasteiger partial charge in [-0.3, -0.25) is 9.47 Å². The highest BCUT2D eigenvalue weighted by Gasteiger charge is 2.56. The van der Waals surface area contributed by atoms with Gasteiger partial charge in [-0.25, -0.2) is 4.79 Å². The van der Waals surface area contributed by atoms with Crippen LogP contribution in [0.1, 0.15) is 42.7 Å². The van der Waals surface area contributed by atoms with Crippen molar-refractivity contribution in [1.29, 1.82) is 0 Å². The van der Waals surface area contributed by atoms with Crippen molar-refractivity contribution in [3.8, 4) is 11.8 Å². The number of benzene rings is 1. The molecule has 1 aromatic heterocycles. The Hall–Kier alpha value is -2.29. The molecule has 0 radical (unpaired) electrons. The van der Waals surface area contributed by atoms with Crippen LogP contribution in [0.4, 0.5) is 10.5 Å². The van der Waals surface area contributed by atoms with Gasteiger partial charge in [-0.2, -0.15) is 0 Å². The van der Waals surface area contributed by atoms with Crippen LogP contribution >= 0.6 is 23.2 Å². The highest BCUT2D eigenvalue weighted by atomic mass is 35.5. The van der Waals surface area contributed by atoms with Gasteiger partial charge in [0.25, 0.3) is 0 Å². The molecule has 2 saturated carbocycles. The molecule has 2 aromatic rings. The molecule has 10 heteroatoms. The number of aromatic hydroxyl groups is 2. The van der Waals surface area contributed by atoms with Crippen molar-refractivity contribution < 1.29 is 15.0 Å². The average Bonchev–Trinajstić information content (AvgIpc) is 3.17. The molecule has 3 heterocycles. The smallest absolute Gasteiger partial charge is 0.317 e. The Labute approximate surface area is 233 Å². The quantitative estimate of drug-likeness (QED) is 0.492. The summed E-state index contributed by atoms with van der Waals surface area (Å²) in [6, 6.07) is 5.88. The first kappa shape index (κ1) is 24.7. The van der Waals surface area contributed by atoms with Crippen LogP contribution in [0.5, 0.6) is 11.8 Å². The molecule has 4 fully saturated rings. The van der Waals surface area contributed by atoms with Gasteiger partial charge in [0, 0.05) is 75.4 Å². The van der Waals surface area contributed by atoms with Crippen molar-refractivity contribution in [2.75, 3.05) is 50.7 Å². The number of fused-ring (bicyclic) bond motifs is 5. The fourth-order valence-electron chi connectivity index (χ4n) is 7.94. The molecular formula is C28H35Cl2N5O3. The van der Waals surface area contributed by atoms with Gasteiger partial charge < -0.3 is 25.3 Å². The Balaban J connectivity index is 0.987. The summed E-state index contributed by atoms with van der Waals surface area (Å²) in [6.45, 7) is 9.06. The number of rotatable bonds is 6. The number of anilines is 1. The van der Waals surface area contributed by atoms with E-state index in [1.165, 1.54) is 0 Å². The Bertz CT molecular complexity index is 1280. The minimum absolute atomic E-state index is 0.00332. The first-order valence-corrected chi connectivity index (χ1v) is 14.7. The number of urea groups is 1. The predicted molar refractivity (Wildman–Crippen MR) is 148 cm³/mol. The highest BCUT2D eigenvalue weighted by Crippen LogP contribution is 2.63. The van der Waals surface area contributed by atoms with Crippen LogP contribution in [0, 0.1) is 17.8 Å². The fourth-order valence-corrected chi connectivity index (χ4v) is 8.36. The monoisotopic (exact) mass is 559 g/mol. The molecule has 2 saturated heterocycles. The molecule has 2 amide bonds. The maximum atomic E-state index is 12.4. The van der Waals surface area contributed by atoms with Gasteiger partial charge in [0.15, 0.2) is 11.8 Å². The van der Waals surface area contributed by atoms with Gasteiger partial charge in [0.05, 0.1) is 15.7 Å². The third-order valence-electron chi connectivity index (χ3n) is 9.99. The van der Waals surface area contributed by atoms with Gasteiger partial charge in [-0.05, 0) is 48.6 Å². The van der Waals surface area contributed by atoms with Crippen molar-refractivity contribution in [3.05, 3.63) is 39.4 Å². The number of nitrogens with zero attached hydrogens (tertiary/aromatic N) is 4. The highest BCUT2D eigenvalue weighted by molar-refractivity contribution is 6.43. The number of amides is 2. The van der Waals surface area contributed by atoms with E-state index < -0.39 is 0 Å². The van der Waals surface area contributed by atoms with Crippen LogP contribution in [0.3, 0.4) is 0 Å². The molecule has 8 nitrogen and oxygen atoms in total. The Morgan fingerprint density at radius 2 is 1.66 bits per heavy atom. The molecule has 2 aliphatic heterocycles. The fraction of sp³-hybridized carbons (Fsp3) is 0.607. The topological polar surface area (TPSA) is 84.2 Å². The van der Waals surface area contributed by atoms with E-state index in [1.807, 2.05) is 23.1 Å². The minimum Gasteiger partial charge on any atom is -0.494 e. The third-order valence-corrected chi connectivity index (χ3v) is 10.8. The molecular weight excluding hydrogens is 525 g/mol. The van der Waals surface area contributed by atoms with E-state index in [0.717, 1.165) is 62.4 Å². The SMILES string of the molecule is CC1C2CC(c3c2c(O)n(C[C@H]2C[C@@H]2CN2CCN(c4cccc(Cl)c4Cl)CC2)c3O)C1N1CCNC1=O. The van der Waals surface area contributed by atoms with E-state index in [9.17, 15) is 15.0 Å². The summed E-state index contributed by atoms with van der Waals surface area (Å²) in [5.74, 6) is 2.06. The minimum atomic E-state index is -0.00332. The Morgan fingerprint density at radius 3 is 2.37 bits per heavy atom. The average molecular weight is 561 g/mol. The van der Waals surface area contributed by atoms with E-state index in [4.69, 9.17) is 23.2 Å². The number of carbonyl (C=O) groups excluding carboxylic acids is 1. The van der Waals surface area contributed by atoms with E-state index >= 15 is 0 Å². The molecule has 3 N–H and O–H groups in total. The first-order chi connectivity index (χ1) is 18.3. The zero-order chi connectivity index (χ0) is 26.3. The lowest BCUT2D eigenvalue weighted by molar-refractivity contribution is 0.172. The van der Waals surface area contributed by atoms with Crippen LogP contribution in [0.2, 0.25) is 10.0 Å². The number of carbonyl (C=O) groups is 1. The van der Waals surface area contributed by atoms with Crippen LogP contribution in [0.15, 0.2) is 18.2 Å². The van der Waals surface area contributed by atoms with Crippen molar-refractivity contribution in [2.24, 2.45) is 17.8 Å². The molecule has 38 heavy (non-hydrogen) atoms. The Morgan fingerprint density at radius 1 is 0.947 bits per heavy atom. The van der Waals surface area contributed by atoms with E-state index in [0.29, 0.717) is 41.5 Å².